The van der Waals surface area contributed by atoms with Crippen molar-refractivity contribution in [3.05, 3.63) is 65.7 Å². The molecule has 1 aliphatic heterocycles. The van der Waals surface area contributed by atoms with Crippen LogP contribution in [0.25, 0.3) is 22.6 Å². The van der Waals surface area contributed by atoms with E-state index in [1.807, 2.05) is 64.4 Å². The van der Waals surface area contributed by atoms with Crippen LogP contribution >= 0.6 is 0 Å². The average molecular weight is 398 g/mol. The van der Waals surface area contributed by atoms with Crippen molar-refractivity contribution >= 4 is 17.4 Å². The van der Waals surface area contributed by atoms with Gasteiger partial charge in [-0.25, -0.2) is 4.98 Å². The van der Waals surface area contributed by atoms with Crippen molar-refractivity contribution in [3.8, 4) is 22.6 Å². The predicted molar refractivity (Wildman–Crippen MR) is 115 cm³/mol. The maximum absolute atomic E-state index is 13.3. The zero-order valence-corrected chi connectivity index (χ0v) is 17.3. The van der Waals surface area contributed by atoms with Crippen molar-refractivity contribution in [3.63, 3.8) is 0 Å². The number of nitrogens with zero attached hydrogens (tertiary/aromatic N) is 4. The molecule has 0 bridgehead atoms. The number of carbonyl (C=O) groups is 1. The Balaban J connectivity index is 1.61. The Hall–Kier alpha value is -3.74. The number of nitrogens with one attached hydrogen (secondary N) is 2. The molecule has 0 radical (unpaired) electrons. The maximum Gasteiger partial charge on any atom is 0.242 e. The Bertz CT molecular complexity index is 1280. The standard InChI is InChI=1S/C23H22N6O/c1-13-10-24-8-7-16(13)20-25-12-18(27-20)15-5-6-17-19(9-15)29(22(30)23(17,3)4)21-14(2)11-26-28-21/h5-12H,1-4H3,(H,25,27)(H,26,28). The summed E-state index contributed by atoms with van der Waals surface area (Å²) in [6.07, 6.45) is 7.28. The number of H-pyrrole nitrogens is 2. The number of hydrogen-bond acceptors (Lipinski definition) is 4. The van der Waals surface area contributed by atoms with Crippen LogP contribution in [0, 0.1) is 13.8 Å². The molecule has 0 saturated carbocycles. The van der Waals surface area contributed by atoms with Gasteiger partial charge in [0, 0.05) is 41.5 Å². The molecule has 0 atom stereocenters. The van der Waals surface area contributed by atoms with Crippen molar-refractivity contribution in [2.45, 2.75) is 33.1 Å². The molecule has 1 amide bonds. The van der Waals surface area contributed by atoms with Gasteiger partial charge in [-0.15, -0.1) is 0 Å². The van der Waals surface area contributed by atoms with E-state index in [0.29, 0.717) is 5.82 Å². The summed E-state index contributed by atoms with van der Waals surface area (Å²) in [6, 6.07) is 8.02. The first kappa shape index (κ1) is 18.3. The minimum Gasteiger partial charge on any atom is -0.344 e. The van der Waals surface area contributed by atoms with Crippen LogP contribution in [0.5, 0.6) is 0 Å². The van der Waals surface area contributed by atoms with Crippen molar-refractivity contribution in [1.82, 2.24) is 25.1 Å². The number of rotatable bonds is 3. The molecular weight excluding hydrogens is 376 g/mol. The van der Waals surface area contributed by atoms with Crippen LogP contribution < -0.4 is 4.90 Å². The number of aryl methyl sites for hydroxylation is 2. The third kappa shape index (κ3) is 2.58. The van der Waals surface area contributed by atoms with Gasteiger partial charge in [-0.3, -0.25) is 19.8 Å². The summed E-state index contributed by atoms with van der Waals surface area (Å²) in [5.74, 6) is 1.45. The zero-order chi connectivity index (χ0) is 21.0. The first-order chi connectivity index (χ1) is 14.4. The maximum atomic E-state index is 13.3. The molecule has 0 unspecified atom stereocenters. The summed E-state index contributed by atoms with van der Waals surface area (Å²) in [7, 11) is 0. The molecule has 30 heavy (non-hydrogen) atoms. The first-order valence-corrected chi connectivity index (χ1v) is 9.84. The predicted octanol–water partition coefficient (Wildman–Crippen LogP) is 4.43. The average Bonchev–Trinajstić information content (AvgIpc) is 3.42. The molecule has 0 saturated heterocycles. The van der Waals surface area contributed by atoms with E-state index in [0.717, 1.165) is 45.0 Å². The molecule has 0 fully saturated rings. The Morgan fingerprint density at radius 1 is 1.07 bits per heavy atom. The summed E-state index contributed by atoms with van der Waals surface area (Å²) in [6.45, 7) is 7.86. The van der Waals surface area contributed by atoms with Gasteiger partial charge in [-0.05, 0) is 51.0 Å². The molecule has 0 spiro atoms. The van der Waals surface area contributed by atoms with E-state index in [2.05, 4.69) is 20.2 Å². The summed E-state index contributed by atoms with van der Waals surface area (Å²) >= 11 is 0. The van der Waals surface area contributed by atoms with Gasteiger partial charge >= 0.3 is 0 Å². The third-order valence-electron chi connectivity index (χ3n) is 5.81. The largest absolute Gasteiger partial charge is 0.344 e. The summed E-state index contributed by atoms with van der Waals surface area (Å²) < 4.78 is 0. The van der Waals surface area contributed by atoms with Gasteiger partial charge < -0.3 is 4.98 Å². The fourth-order valence-corrected chi connectivity index (χ4v) is 4.03. The molecule has 0 aliphatic carbocycles. The normalized spacial score (nSPS) is 14.9. The summed E-state index contributed by atoms with van der Waals surface area (Å²) in [5, 5.41) is 7.18. The number of pyridine rings is 1. The monoisotopic (exact) mass is 398 g/mol. The molecule has 1 aliphatic rings. The molecule has 7 nitrogen and oxygen atoms in total. The lowest BCUT2D eigenvalue weighted by molar-refractivity contribution is -0.121. The van der Waals surface area contributed by atoms with Crippen molar-refractivity contribution < 1.29 is 4.79 Å². The van der Waals surface area contributed by atoms with Crippen LogP contribution in [0.2, 0.25) is 0 Å². The second-order valence-electron chi connectivity index (χ2n) is 8.21. The second-order valence-corrected chi connectivity index (χ2v) is 8.21. The second kappa shape index (κ2) is 6.38. The number of anilines is 2. The van der Waals surface area contributed by atoms with E-state index in [1.165, 1.54) is 0 Å². The van der Waals surface area contributed by atoms with Crippen LogP contribution in [0.15, 0.2) is 49.1 Å². The van der Waals surface area contributed by atoms with Gasteiger partial charge in [-0.2, -0.15) is 5.10 Å². The van der Waals surface area contributed by atoms with E-state index in [9.17, 15) is 4.79 Å². The van der Waals surface area contributed by atoms with Crippen LogP contribution in [-0.2, 0) is 10.2 Å². The van der Waals surface area contributed by atoms with Crippen molar-refractivity contribution in [2.75, 3.05) is 4.90 Å². The summed E-state index contributed by atoms with van der Waals surface area (Å²) in [5.41, 5.74) is 5.97. The molecular formula is C23H22N6O. The number of benzene rings is 1. The molecule has 4 aromatic rings. The Morgan fingerprint density at radius 2 is 1.90 bits per heavy atom. The van der Waals surface area contributed by atoms with Crippen molar-refractivity contribution in [1.29, 1.82) is 0 Å². The minimum absolute atomic E-state index is 0.0139. The number of aromatic nitrogens is 5. The highest BCUT2D eigenvalue weighted by Crippen LogP contribution is 2.46. The quantitative estimate of drug-likeness (QED) is 0.534. The number of carbonyl (C=O) groups excluding carboxylic acids is 1. The smallest absolute Gasteiger partial charge is 0.242 e. The Morgan fingerprint density at radius 3 is 2.63 bits per heavy atom. The van der Waals surface area contributed by atoms with Crippen LogP contribution in [0.4, 0.5) is 11.5 Å². The van der Waals surface area contributed by atoms with Crippen molar-refractivity contribution in [2.24, 2.45) is 0 Å². The zero-order valence-electron chi connectivity index (χ0n) is 17.3. The van der Waals surface area contributed by atoms with E-state index < -0.39 is 5.41 Å². The van der Waals surface area contributed by atoms with Gasteiger partial charge in [0.2, 0.25) is 5.91 Å². The number of amides is 1. The van der Waals surface area contributed by atoms with Gasteiger partial charge in [0.1, 0.15) is 5.82 Å². The lowest BCUT2D eigenvalue weighted by Gasteiger charge is -2.19. The number of aromatic amines is 2. The van der Waals surface area contributed by atoms with E-state index in [-0.39, 0.29) is 5.91 Å². The lowest BCUT2D eigenvalue weighted by Crippen LogP contribution is -2.33. The summed E-state index contributed by atoms with van der Waals surface area (Å²) in [4.78, 5) is 27.2. The highest BCUT2D eigenvalue weighted by molar-refractivity contribution is 6.12. The fourth-order valence-electron chi connectivity index (χ4n) is 4.03. The van der Waals surface area contributed by atoms with E-state index >= 15 is 0 Å². The first-order valence-electron chi connectivity index (χ1n) is 9.84. The van der Waals surface area contributed by atoms with Gasteiger partial charge in [0.15, 0.2) is 5.82 Å². The Kier molecular flexibility index (Phi) is 3.89. The molecule has 150 valence electrons. The van der Waals surface area contributed by atoms with Crippen LogP contribution in [0.1, 0.15) is 30.5 Å². The molecule has 4 heterocycles. The van der Waals surface area contributed by atoms with E-state index in [1.54, 1.807) is 17.3 Å². The van der Waals surface area contributed by atoms with Gasteiger partial charge in [0.05, 0.1) is 16.8 Å². The number of fused-ring (bicyclic) bond motifs is 1. The molecule has 1 aromatic carbocycles. The molecule has 5 rings (SSSR count). The molecule has 7 heteroatoms. The highest BCUT2D eigenvalue weighted by Gasteiger charge is 2.45. The van der Waals surface area contributed by atoms with Crippen LogP contribution in [-0.4, -0.2) is 31.1 Å². The Labute approximate surface area is 174 Å². The highest BCUT2D eigenvalue weighted by atomic mass is 16.2. The van der Waals surface area contributed by atoms with Gasteiger partial charge in [-0.1, -0.05) is 12.1 Å². The fraction of sp³-hybridized carbons (Fsp3) is 0.217. The third-order valence-corrected chi connectivity index (χ3v) is 5.81. The lowest BCUT2D eigenvalue weighted by atomic mass is 9.86. The molecule has 2 N–H and O–H groups in total. The van der Waals surface area contributed by atoms with E-state index in [4.69, 9.17) is 4.98 Å². The number of hydrogen-bond donors (Lipinski definition) is 2. The van der Waals surface area contributed by atoms with Crippen LogP contribution in [0.3, 0.4) is 0 Å². The number of imidazole rings is 1. The molecule has 3 aromatic heterocycles. The topological polar surface area (TPSA) is 90.6 Å². The SMILES string of the molecule is Cc1cnccc1-c1nc(-c2ccc3c(c2)N(c2n[nH]cc2C)C(=O)C3(C)C)c[nH]1. The van der Waals surface area contributed by atoms with Gasteiger partial charge in [0.25, 0.3) is 0 Å². The minimum atomic E-state index is -0.621.